The number of hydrogen-bond donors (Lipinski definition) is 1. The number of anilines is 1. The van der Waals surface area contributed by atoms with Crippen molar-refractivity contribution in [2.24, 2.45) is 5.92 Å². The fourth-order valence-electron chi connectivity index (χ4n) is 2.71. The van der Waals surface area contributed by atoms with Gasteiger partial charge in [0.05, 0.1) is 11.6 Å². The number of thiophene rings is 1. The number of piperidine rings is 1. The molecule has 0 radical (unpaired) electrons. The van der Waals surface area contributed by atoms with Crippen molar-refractivity contribution in [3.05, 3.63) is 46.3 Å². The van der Waals surface area contributed by atoms with Gasteiger partial charge in [-0.1, -0.05) is 18.2 Å². The first-order valence-corrected chi connectivity index (χ1v) is 10.7. The molecule has 0 spiro atoms. The van der Waals surface area contributed by atoms with Crippen molar-refractivity contribution < 1.29 is 13.2 Å². The highest BCUT2D eigenvalue weighted by Gasteiger charge is 2.33. The summed E-state index contributed by atoms with van der Waals surface area (Å²) in [4.78, 5) is 12.5. The Kier molecular flexibility index (Phi) is 5.39. The Morgan fingerprint density at radius 1 is 1.25 bits per heavy atom. The molecular formula is C16H17BrN2O3S2. The number of halogens is 1. The summed E-state index contributed by atoms with van der Waals surface area (Å²) < 4.78 is 27.8. The minimum atomic E-state index is -3.50. The number of nitrogens with zero attached hydrogens (tertiary/aromatic N) is 1. The van der Waals surface area contributed by atoms with Crippen LogP contribution in [0.3, 0.4) is 0 Å². The lowest BCUT2D eigenvalue weighted by Crippen LogP contribution is -2.43. The number of hydrogen-bond acceptors (Lipinski definition) is 4. The minimum absolute atomic E-state index is 0.145. The molecule has 0 saturated carbocycles. The molecule has 1 fully saturated rings. The van der Waals surface area contributed by atoms with Gasteiger partial charge < -0.3 is 5.32 Å². The van der Waals surface area contributed by atoms with Gasteiger partial charge in [-0.15, -0.1) is 11.3 Å². The van der Waals surface area contributed by atoms with Crippen LogP contribution < -0.4 is 5.32 Å². The van der Waals surface area contributed by atoms with E-state index in [4.69, 9.17) is 0 Å². The van der Waals surface area contributed by atoms with Gasteiger partial charge in [-0.2, -0.15) is 4.31 Å². The highest BCUT2D eigenvalue weighted by molar-refractivity contribution is 9.10. The van der Waals surface area contributed by atoms with Crippen molar-refractivity contribution in [2.45, 2.75) is 17.1 Å². The van der Waals surface area contributed by atoms with E-state index in [0.717, 1.165) is 4.47 Å². The number of para-hydroxylation sites is 1. The molecule has 8 heteroatoms. The topological polar surface area (TPSA) is 66.5 Å². The summed E-state index contributed by atoms with van der Waals surface area (Å²) in [6.45, 7) is 0.676. The van der Waals surface area contributed by atoms with Crippen LogP contribution in [-0.2, 0) is 14.8 Å². The molecule has 1 atom stereocenters. The molecule has 1 N–H and O–H groups in total. The van der Waals surface area contributed by atoms with Crippen LogP contribution in [0.25, 0.3) is 0 Å². The predicted molar refractivity (Wildman–Crippen MR) is 98.6 cm³/mol. The maximum absolute atomic E-state index is 12.6. The number of rotatable bonds is 4. The van der Waals surface area contributed by atoms with Crippen LogP contribution in [0.5, 0.6) is 0 Å². The standard InChI is InChI=1S/C16H17BrN2O3S2/c17-13-6-1-2-7-14(13)18-16(20)12-5-3-9-19(11-12)24(21,22)15-8-4-10-23-15/h1-2,4,6-8,10,12H,3,5,9,11H2,(H,18,20)/t12-/m1/s1. The van der Waals surface area contributed by atoms with Crippen molar-refractivity contribution in [2.75, 3.05) is 18.4 Å². The fraction of sp³-hybridized carbons (Fsp3) is 0.312. The first kappa shape index (κ1) is 17.6. The third-order valence-corrected chi connectivity index (χ3v) is 7.91. The van der Waals surface area contributed by atoms with E-state index in [1.807, 2.05) is 24.3 Å². The molecule has 1 aliphatic heterocycles. The van der Waals surface area contributed by atoms with Gasteiger partial charge in [-0.25, -0.2) is 8.42 Å². The van der Waals surface area contributed by atoms with E-state index < -0.39 is 10.0 Å². The van der Waals surface area contributed by atoms with Crippen molar-refractivity contribution >= 4 is 48.9 Å². The first-order chi connectivity index (χ1) is 11.5. The minimum Gasteiger partial charge on any atom is -0.325 e. The van der Waals surface area contributed by atoms with Gasteiger partial charge in [-0.05, 0) is 52.4 Å². The molecular weight excluding hydrogens is 412 g/mol. The van der Waals surface area contributed by atoms with Crippen molar-refractivity contribution in [3.63, 3.8) is 0 Å². The Morgan fingerprint density at radius 2 is 2.04 bits per heavy atom. The van der Waals surface area contributed by atoms with Crippen LogP contribution in [0.1, 0.15) is 12.8 Å². The third-order valence-electron chi connectivity index (χ3n) is 3.98. The second-order valence-electron chi connectivity index (χ2n) is 5.60. The van der Waals surface area contributed by atoms with E-state index in [9.17, 15) is 13.2 Å². The molecule has 0 bridgehead atoms. The van der Waals surface area contributed by atoms with Crippen LogP contribution in [0, 0.1) is 5.92 Å². The number of nitrogens with one attached hydrogen (secondary N) is 1. The maximum atomic E-state index is 12.6. The Hall–Kier alpha value is -1.22. The van der Waals surface area contributed by atoms with E-state index in [2.05, 4.69) is 21.2 Å². The second-order valence-corrected chi connectivity index (χ2v) is 9.57. The molecule has 1 aliphatic rings. The van der Waals surface area contributed by atoms with Crippen LogP contribution in [0.4, 0.5) is 5.69 Å². The van der Waals surface area contributed by atoms with Gasteiger partial charge in [0.25, 0.3) is 10.0 Å². The molecule has 2 heterocycles. The van der Waals surface area contributed by atoms with Gasteiger partial charge >= 0.3 is 0 Å². The second kappa shape index (κ2) is 7.35. The summed E-state index contributed by atoms with van der Waals surface area (Å²) in [5, 5.41) is 4.63. The summed E-state index contributed by atoms with van der Waals surface area (Å²) in [6, 6.07) is 10.7. The average molecular weight is 429 g/mol. The summed E-state index contributed by atoms with van der Waals surface area (Å²) in [5.74, 6) is -0.492. The molecule has 1 saturated heterocycles. The number of amides is 1. The van der Waals surface area contributed by atoms with Crippen LogP contribution in [0.15, 0.2) is 50.5 Å². The lowest BCUT2D eigenvalue weighted by molar-refractivity contribution is -0.120. The first-order valence-electron chi connectivity index (χ1n) is 7.57. The van der Waals surface area contributed by atoms with E-state index in [1.54, 1.807) is 17.5 Å². The van der Waals surface area contributed by atoms with Crippen LogP contribution in [0.2, 0.25) is 0 Å². The molecule has 0 aliphatic carbocycles. The Morgan fingerprint density at radius 3 is 2.75 bits per heavy atom. The zero-order chi connectivity index (χ0) is 17.2. The zero-order valence-electron chi connectivity index (χ0n) is 12.8. The molecule has 2 aromatic rings. The fourth-order valence-corrected chi connectivity index (χ4v) is 5.76. The monoisotopic (exact) mass is 428 g/mol. The smallest absolute Gasteiger partial charge is 0.252 e. The quantitative estimate of drug-likeness (QED) is 0.809. The van der Waals surface area contributed by atoms with E-state index >= 15 is 0 Å². The maximum Gasteiger partial charge on any atom is 0.252 e. The summed E-state index contributed by atoms with van der Waals surface area (Å²) in [6.07, 6.45) is 1.37. The van der Waals surface area contributed by atoms with Gasteiger partial charge in [-0.3, -0.25) is 4.79 Å². The molecule has 24 heavy (non-hydrogen) atoms. The number of sulfonamides is 1. The van der Waals surface area contributed by atoms with Gasteiger partial charge in [0.2, 0.25) is 5.91 Å². The molecule has 128 valence electrons. The van der Waals surface area contributed by atoms with E-state index in [1.165, 1.54) is 15.6 Å². The van der Waals surface area contributed by atoms with Gasteiger partial charge in [0.1, 0.15) is 4.21 Å². The molecule has 1 amide bonds. The Balaban J connectivity index is 1.72. The SMILES string of the molecule is O=C(Nc1ccccc1Br)[C@@H]1CCCN(S(=O)(=O)c2cccs2)C1. The highest BCUT2D eigenvalue weighted by Crippen LogP contribution is 2.28. The Bertz CT molecular complexity index is 822. The molecule has 1 aromatic heterocycles. The predicted octanol–water partition coefficient (Wildman–Crippen LogP) is 3.55. The highest BCUT2D eigenvalue weighted by atomic mass is 79.9. The lowest BCUT2D eigenvalue weighted by atomic mass is 9.99. The average Bonchev–Trinajstić information content (AvgIpc) is 3.12. The van der Waals surface area contributed by atoms with Gasteiger partial charge in [0.15, 0.2) is 0 Å². The van der Waals surface area contributed by atoms with Crippen molar-refractivity contribution in [1.29, 1.82) is 0 Å². The zero-order valence-corrected chi connectivity index (χ0v) is 16.0. The van der Waals surface area contributed by atoms with Crippen molar-refractivity contribution in [3.8, 4) is 0 Å². The van der Waals surface area contributed by atoms with E-state index in [-0.39, 0.29) is 18.4 Å². The third kappa shape index (κ3) is 3.72. The molecule has 1 aromatic carbocycles. The van der Waals surface area contributed by atoms with Crippen molar-refractivity contribution in [1.82, 2.24) is 4.31 Å². The number of carbonyl (C=O) groups is 1. The molecule has 0 unspecified atom stereocenters. The number of benzene rings is 1. The van der Waals surface area contributed by atoms with E-state index in [0.29, 0.717) is 29.3 Å². The molecule has 3 rings (SSSR count). The Labute approximate surface area is 153 Å². The normalized spacial score (nSPS) is 19.1. The largest absolute Gasteiger partial charge is 0.325 e. The summed E-state index contributed by atoms with van der Waals surface area (Å²) >= 11 is 4.60. The number of carbonyl (C=O) groups excluding carboxylic acids is 1. The molecule has 5 nitrogen and oxygen atoms in total. The lowest BCUT2D eigenvalue weighted by Gasteiger charge is -2.30. The summed E-state index contributed by atoms with van der Waals surface area (Å²) in [5.41, 5.74) is 0.695. The summed E-state index contributed by atoms with van der Waals surface area (Å²) in [7, 11) is -3.50. The van der Waals surface area contributed by atoms with Crippen LogP contribution in [-0.4, -0.2) is 31.7 Å². The van der Waals surface area contributed by atoms with Gasteiger partial charge in [0, 0.05) is 17.6 Å². The van der Waals surface area contributed by atoms with Crippen LogP contribution >= 0.6 is 27.3 Å².